The van der Waals surface area contributed by atoms with E-state index in [1.54, 1.807) is 13.8 Å². The highest BCUT2D eigenvalue weighted by Gasteiger charge is 2.26. The third kappa shape index (κ3) is 13.1. The first-order valence-corrected chi connectivity index (χ1v) is 17.9. The molecule has 2 aromatic rings. The van der Waals surface area contributed by atoms with Gasteiger partial charge < -0.3 is 9.47 Å². The zero-order valence-electron chi connectivity index (χ0n) is 22.7. The first-order chi connectivity index (χ1) is 20.7. The number of ether oxygens (including phenoxy) is 2. The summed E-state index contributed by atoms with van der Waals surface area (Å²) in [6, 6.07) is 5.24. The van der Waals surface area contributed by atoms with Gasteiger partial charge in [-0.3, -0.25) is 39.2 Å². The zero-order chi connectivity index (χ0) is 32.9. The fourth-order valence-electron chi connectivity index (χ4n) is 2.69. The van der Waals surface area contributed by atoms with Crippen molar-refractivity contribution in [2.45, 2.75) is 60.1 Å². The van der Waals surface area contributed by atoms with Crippen LogP contribution < -0.4 is 0 Å². The van der Waals surface area contributed by atoms with Crippen molar-refractivity contribution in [3.63, 3.8) is 0 Å². The SMILES string of the molecule is CCC(SSc1ccc([N+](=O)[O-])cn1)C(=O)OC(=O)CC/C(=N/S(=O)(=O)O)OC(=O)C(CC)SSc1ccc([N+](=O)[O-])cn1. The minimum absolute atomic E-state index is 0.197. The highest BCUT2D eigenvalue weighted by atomic mass is 33.1. The number of nitro groups is 2. The lowest BCUT2D eigenvalue weighted by molar-refractivity contribution is -0.385. The van der Waals surface area contributed by atoms with Gasteiger partial charge in [-0.2, -0.15) is 8.42 Å². The van der Waals surface area contributed by atoms with Gasteiger partial charge in [-0.15, -0.1) is 4.40 Å². The number of hydrogen-bond acceptors (Lipinski definition) is 17. The van der Waals surface area contributed by atoms with E-state index in [1.165, 1.54) is 24.3 Å². The highest BCUT2D eigenvalue weighted by molar-refractivity contribution is 8.77. The molecule has 0 aliphatic heterocycles. The van der Waals surface area contributed by atoms with Crippen LogP contribution in [0.1, 0.15) is 39.5 Å². The van der Waals surface area contributed by atoms with Gasteiger partial charge in [-0.25, -0.2) is 9.97 Å². The summed E-state index contributed by atoms with van der Waals surface area (Å²) in [7, 11) is -1.02. The molecule has 238 valence electrons. The molecular formula is C22H23N5O12S5. The van der Waals surface area contributed by atoms with Gasteiger partial charge in [0.05, 0.1) is 16.3 Å². The Morgan fingerprint density at radius 2 is 1.32 bits per heavy atom. The van der Waals surface area contributed by atoms with Crippen molar-refractivity contribution in [2.24, 2.45) is 4.40 Å². The molecule has 17 nitrogen and oxygen atoms in total. The largest absolute Gasteiger partial charge is 0.410 e. The minimum Gasteiger partial charge on any atom is -0.410 e. The van der Waals surface area contributed by atoms with E-state index in [-0.39, 0.29) is 24.2 Å². The normalized spacial score (nSPS) is 13.0. The molecule has 0 aliphatic carbocycles. The van der Waals surface area contributed by atoms with Gasteiger partial charge in [0, 0.05) is 18.6 Å². The molecule has 2 heterocycles. The third-order valence-electron chi connectivity index (χ3n) is 4.82. The van der Waals surface area contributed by atoms with Crippen LogP contribution in [0.5, 0.6) is 0 Å². The second-order valence-electron chi connectivity index (χ2n) is 8.02. The Hall–Kier alpha value is -3.31. The molecule has 2 atom stereocenters. The van der Waals surface area contributed by atoms with Crippen molar-refractivity contribution in [2.75, 3.05) is 0 Å². The number of hydrogen-bond donors (Lipinski definition) is 1. The topological polar surface area (TPSA) is 248 Å². The summed E-state index contributed by atoms with van der Waals surface area (Å²) >= 11 is 0. The van der Waals surface area contributed by atoms with Crippen LogP contribution in [-0.2, 0) is 34.2 Å². The van der Waals surface area contributed by atoms with Crippen LogP contribution in [0.4, 0.5) is 11.4 Å². The molecule has 0 saturated heterocycles. The number of rotatable bonds is 16. The van der Waals surface area contributed by atoms with Gasteiger partial charge in [0.2, 0.25) is 5.90 Å². The first kappa shape index (κ1) is 36.9. The molecule has 2 unspecified atom stereocenters. The molecule has 0 radical (unpaired) electrons. The van der Waals surface area contributed by atoms with Gasteiger partial charge in [0.1, 0.15) is 32.9 Å². The van der Waals surface area contributed by atoms with Crippen LogP contribution in [-0.4, -0.2) is 67.1 Å². The Kier molecular flexibility index (Phi) is 15.0. The predicted octanol–water partition coefficient (Wildman–Crippen LogP) is 4.63. The van der Waals surface area contributed by atoms with E-state index in [4.69, 9.17) is 14.0 Å². The summed E-state index contributed by atoms with van der Waals surface area (Å²) in [5.74, 6) is -3.78. The van der Waals surface area contributed by atoms with Crippen molar-refractivity contribution in [3.05, 3.63) is 56.9 Å². The van der Waals surface area contributed by atoms with Crippen LogP contribution >= 0.6 is 43.2 Å². The van der Waals surface area contributed by atoms with E-state index in [2.05, 4.69) is 14.4 Å². The molecule has 2 aromatic heterocycles. The fourth-order valence-corrected chi connectivity index (χ4v) is 7.63. The molecule has 0 spiro atoms. The Morgan fingerprint density at radius 3 is 1.68 bits per heavy atom. The molecule has 0 aromatic carbocycles. The van der Waals surface area contributed by atoms with Gasteiger partial charge in [-0.05, 0) is 46.6 Å². The van der Waals surface area contributed by atoms with Crippen molar-refractivity contribution >= 4 is 88.7 Å². The average Bonchev–Trinajstić information content (AvgIpc) is 2.96. The van der Waals surface area contributed by atoms with Crippen LogP contribution in [0.15, 0.2) is 51.1 Å². The lowest BCUT2D eigenvalue weighted by Gasteiger charge is -2.14. The van der Waals surface area contributed by atoms with Crippen LogP contribution in [0.25, 0.3) is 0 Å². The van der Waals surface area contributed by atoms with Gasteiger partial charge >= 0.3 is 28.2 Å². The maximum Gasteiger partial charge on any atom is 0.381 e. The Morgan fingerprint density at radius 1 is 0.864 bits per heavy atom. The van der Waals surface area contributed by atoms with E-state index in [9.17, 15) is 43.0 Å². The molecule has 2 rings (SSSR count). The smallest absolute Gasteiger partial charge is 0.381 e. The lowest BCUT2D eigenvalue weighted by Crippen LogP contribution is -2.25. The van der Waals surface area contributed by atoms with Crippen LogP contribution in [0, 0.1) is 20.2 Å². The van der Waals surface area contributed by atoms with Crippen molar-refractivity contribution in [1.82, 2.24) is 9.97 Å². The summed E-state index contributed by atoms with van der Waals surface area (Å²) in [6.07, 6.45) is 1.27. The number of carbonyl (C=O) groups is 3. The van der Waals surface area contributed by atoms with Crippen molar-refractivity contribution in [1.29, 1.82) is 0 Å². The summed E-state index contributed by atoms with van der Waals surface area (Å²) in [6.45, 7) is 3.28. The van der Waals surface area contributed by atoms with E-state index in [0.29, 0.717) is 10.1 Å². The zero-order valence-corrected chi connectivity index (χ0v) is 26.7. The van der Waals surface area contributed by atoms with Gasteiger partial charge in [-0.1, -0.05) is 35.4 Å². The predicted molar refractivity (Wildman–Crippen MR) is 162 cm³/mol. The number of aromatic nitrogens is 2. The maximum atomic E-state index is 12.7. The summed E-state index contributed by atoms with van der Waals surface area (Å²) in [5, 5.41) is 20.5. The van der Waals surface area contributed by atoms with Gasteiger partial charge in [0.25, 0.3) is 11.4 Å². The molecule has 0 saturated carbocycles. The average molecular weight is 710 g/mol. The highest BCUT2D eigenvalue weighted by Crippen LogP contribution is 2.36. The Balaban J connectivity index is 1.94. The second kappa shape index (κ2) is 17.9. The standard InChI is InChI=1S/C22H23N5O12S5/c1-3-15(40-42-18-8-5-13(11-23-18)26(31)32)21(29)38-17(25-44(35,36)37)7-10-20(28)39-22(30)16(4-2)41-43-19-9-6-14(12-24-19)27(33)34/h5-6,8-9,11-12,15-16H,3-4,7,10H2,1-2H3,(H,35,36,37)/b25-17-. The van der Waals surface area contributed by atoms with Crippen LogP contribution in [0.3, 0.4) is 0 Å². The fraction of sp³-hybridized carbons (Fsp3) is 0.364. The number of carbonyl (C=O) groups excluding carboxylic acids is 3. The maximum absolute atomic E-state index is 12.7. The lowest BCUT2D eigenvalue weighted by atomic mass is 10.3. The van der Waals surface area contributed by atoms with E-state index < -0.39 is 67.3 Å². The summed E-state index contributed by atoms with van der Waals surface area (Å²) in [4.78, 5) is 65.6. The third-order valence-corrected chi connectivity index (χ3v) is 10.8. The first-order valence-electron chi connectivity index (χ1n) is 12.1. The van der Waals surface area contributed by atoms with Crippen LogP contribution in [0.2, 0.25) is 0 Å². The molecule has 0 amide bonds. The monoisotopic (exact) mass is 709 g/mol. The van der Waals surface area contributed by atoms with Crippen molar-refractivity contribution in [3.8, 4) is 0 Å². The van der Waals surface area contributed by atoms with E-state index in [1.807, 2.05) is 0 Å². The van der Waals surface area contributed by atoms with Crippen molar-refractivity contribution < 1.29 is 46.7 Å². The van der Waals surface area contributed by atoms with E-state index in [0.717, 1.165) is 55.6 Å². The van der Waals surface area contributed by atoms with Gasteiger partial charge in [0.15, 0.2) is 0 Å². The Bertz CT molecular complexity index is 1490. The molecule has 22 heteroatoms. The minimum atomic E-state index is -5.03. The summed E-state index contributed by atoms with van der Waals surface area (Å²) < 4.78 is 44.6. The quantitative estimate of drug-likeness (QED) is 0.0364. The molecular weight excluding hydrogens is 687 g/mol. The Labute approximate surface area is 265 Å². The molecule has 44 heavy (non-hydrogen) atoms. The molecule has 1 N–H and O–H groups in total. The molecule has 0 fully saturated rings. The molecule has 0 aliphatic rings. The second-order valence-corrected chi connectivity index (χ2v) is 13.9. The molecule has 0 bridgehead atoms. The number of nitrogens with zero attached hydrogens (tertiary/aromatic N) is 5. The number of pyridine rings is 2. The summed E-state index contributed by atoms with van der Waals surface area (Å²) in [5.41, 5.74) is -0.430. The number of esters is 3. The van der Waals surface area contributed by atoms with E-state index >= 15 is 0 Å².